The van der Waals surface area contributed by atoms with Crippen molar-refractivity contribution in [2.24, 2.45) is 5.92 Å². The molecule has 3 aliphatic rings. The van der Waals surface area contributed by atoms with Crippen molar-refractivity contribution in [1.82, 2.24) is 4.90 Å². The number of ether oxygens (including phenoxy) is 1. The van der Waals surface area contributed by atoms with Gasteiger partial charge in [0.15, 0.2) is 0 Å². The Bertz CT molecular complexity index is 848. The van der Waals surface area contributed by atoms with E-state index in [1.807, 2.05) is 23.1 Å². The van der Waals surface area contributed by atoms with Crippen LogP contribution in [0.4, 0.5) is 0 Å². The van der Waals surface area contributed by atoms with Crippen molar-refractivity contribution in [2.45, 2.75) is 56.3 Å². The van der Waals surface area contributed by atoms with E-state index in [0.29, 0.717) is 12.8 Å². The Morgan fingerprint density at radius 2 is 1.59 bits per heavy atom. The van der Waals surface area contributed by atoms with Gasteiger partial charge in [-0.1, -0.05) is 54.6 Å². The molecule has 5 rings (SSSR count). The quantitative estimate of drug-likeness (QED) is 0.850. The fourth-order valence-corrected chi connectivity index (χ4v) is 5.48. The van der Waals surface area contributed by atoms with E-state index in [-0.39, 0.29) is 29.6 Å². The molecule has 4 nitrogen and oxygen atoms in total. The average molecular weight is 392 g/mol. The Hall–Kier alpha value is -2.17. The van der Waals surface area contributed by atoms with Crippen molar-refractivity contribution in [1.29, 1.82) is 0 Å². The molecule has 2 aromatic carbocycles. The highest BCUT2D eigenvalue weighted by Crippen LogP contribution is 2.43. The monoisotopic (exact) mass is 391 g/mol. The minimum absolute atomic E-state index is 0.0634. The lowest BCUT2D eigenvalue weighted by Crippen LogP contribution is -2.53. The molecule has 2 saturated heterocycles. The molecular formula is C25H29NO3. The van der Waals surface area contributed by atoms with Crippen LogP contribution in [-0.2, 0) is 22.4 Å². The first-order valence-corrected chi connectivity index (χ1v) is 10.9. The summed E-state index contributed by atoms with van der Waals surface area (Å²) in [5, 5.41) is 10.5. The fraction of sp³-hybridized carbons (Fsp3) is 0.480. The summed E-state index contributed by atoms with van der Waals surface area (Å²) in [7, 11) is 0. The second-order valence-corrected chi connectivity index (χ2v) is 8.99. The van der Waals surface area contributed by atoms with E-state index < -0.39 is 0 Å². The third-order valence-electron chi connectivity index (χ3n) is 7.04. The maximum Gasteiger partial charge on any atom is 0.226 e. The number of piperidine rings is 1. The molecule has 29 heavy (non-hydrogen) atoms. The van der Waals surface area contributed by atoms with Gasteiger partial charge in [-0.25, -0.2) is 0 Å². The Labute approximate surface area is 172 Å². The van der Waals surface area contributed by atoms with E-state index in [2.05, 4.69) is 36.4 Å². The molecule has 1 aliphatic carbocycles. The molecule has 2 heterocycles. The molecule has 0 radical (unpaired) electrons. The summed E-state index contributed by atoms with van der Waals surface area (Å²) < 4.78 is 6.58. The van der Waals surface area contributed by atoms with Crippen LogP contribution in [0.1, 0.15) is 48.5 Å². The predicted octanol–water partition coefficient (Wildman–Crippen LogP) is 3.68. The lowest BCUT2D eigenvalue weighted by atomic mass is 9.80. The summed E-state index contributed by atoms with van der Waals surface area (Å²) >= 11 is 0. The number of fused-ring (bicyclic) bond motifs is 1. The first-order valence-electron chi connectivity index (χ1n) is 10.9. The Morgan fingerprint density at radius 3 is 2.24 bits per heavy atom. The van der Waals surface area contributed by atoms with Crippen molar-refractivity contribution in [3.05, 3.63) is 71.3 Å². The second-order valence-electron chi connectivity index (χ2n) is 8.99. The second kappa shape index (κ2) is 7.58. The van der Waals surface area contributed by atoms with E-state index in [9.17, 15) is 9.90 Å². The van der Waals surface area contributed by atoms with Crippen molar-refractivity contribution in [3.63, 3.8) is 0 Å². The largest absolute Gasteiger partial charge is 0.393 e. The molecule has 2 atom stereocenters. The van der Waals surface area contributed by atoms with Gasteiger partial charge in [0.2, 0.25) is 5.91 Å². The number of amides is 1. The zero-order valence-electron chi connectivity index (χ0n) is 16.8. The summed E-state index contributed by atoms with van der Waals surface area (Å²) in [5.74, 6) is 0.364. The maximum atomic E-state index is 13.1. The molecule has 1 N–H and O–H groups in total. The number of likely N-dealkylation sites (tertiary alicyclic amines) is 1. The summed E-state index contributed by atoms with van der Waals surface area (Å²) in [6.45, 7) is 1.44. The van der Waals surface area contributed by atoms with Gasteiger partial charge in [-0.05, 0) is 42.4 Å². The van der Waals surface area contributed by atoms with Gasteiger partial charge in [-0.2, -0.15) is 0 Å². The van der Waals surface area contributed by atoms with Gasteiger partial charge < -0.3 is 14.7 Å². The van der Waals surface area contributed by atoms with Gasteiger partial charge in [-0.3, -0.25) is 4.79 Å². The Balaban J connectivity index is 1.23. The topological polar surface area (TPSA) is 49.8 Å². The highest BCUT2D eigenvalue weighted by Gasteiger charge is 2.45. The molecule has 0 saturated carbocycles. The highest BCUT2D eigenvalue weighted by atomic mass is 16.5. The Kier molecular flexibility index (Phi) is 4.92. The molecule has 0 bridgehead atoms. The summed E-state index contributed by atoms with van der Waals surface area (Å²) in [6.07, 6.45) is 4.25. The SMILES string of the molecule is O=C(C1Cc2ccccc2C1)N1CCC2(CC1)C[C@H](O)C[C@H](c1ccccc1)O2. The predicted molar refractivity (Wildman–Crippen MR) is 111 cm³/mol. The van der Waals surface area contributed by atoms with E-state index in [1.54, 1.807) is 0 Å². The summed E-state index contributed by atoms with van der Waals surface area (Å²) in [5.41, 5.74) is 3.47. The zero-order valence-corrected chi connectivity index (χ0v) is 16.8. The molecule has 1 amide bonds. The van der Waals surface area contributed by atoms with Crippen LogP contribution in [0.5, 0.6) is 0 Å². The first kappa shape index (κ1) is 18.8. The molecule has 0 aromatic heterocycles. The van der Waals surface area contributed by atoms with Crippen molar-refractivity contribution >= 4 is 5.91 Å². The van der Waals surface area contributed by atoms with Crippen LogP contribution in [0.25, 0.3) is 0 Å². The number of carbonyl (C=O) groups is 1. The average Bonchev–Trinajstić information content (AvgIpc) is 3.18. The van der Waals surface area contributed by atoms with E-state index >= 15 is 0 Å². The number of carbonyl (C=O) groups excluding carboxylic acids is 1. The molecule has 0 unspecified atom stereocenters. The minimum Gasteiger partial charge on any atom is -0.393 e. The Morgan fingerprint density at radius 1 is 0.966 bits per heavy atom. The lowest BCUT2D eigenvalue weighted by molar-refractivity contribution is -0.186. The summed E-state index contributed by atoms with van der Waals surface area (Å²) in [4.78, 5) is 15.2. The molecule has 1 spiro atoms. The van der Waals surface area contributed by atoms with Crippen LogP contribution < -0.4 is 0 Å². The number of hydrogen-bond acceptors (Lipinski definition) is 3. The van der Waals surface area contributed by atoms with E-state index in [4.69, 9.17) is 4.74 Å². The molecule has 2 aliphatic heterocycles. The van der Waals surface area contributed by atoms with Gasteiger partial charge >= 0.3 is 0 Å². The lowest BCUT2D eigenvalue weighted by Gasteiger charge is -2.48. The zero-order chi connectivity index (χ0) is 19.8. The van der Waals surface area contributed by atoms with Gasteiger partial charge in [-0.15, -0.1) is 0 Å². The molecule has 152 valence electrons. The van der Waals surface area contributed by atoms with Crippen LogP contribution in [0.3, 0.4) is 0 Å². The molecule has 4 heteroatoms. The number of benzene rings is 2. The first-order chi connectivity index (χ1) is 14.1. The van der Waals surface area contributed by atoms with Crippen LogP contribution in [0.15, 0.2) is 54.6 Å². The number of rotatable bonds is 2. The van der Waals surface area contributed by atoms with Gasteiger partial charge in [0.05, 0.1) is 17.8 Å². The van der Waals surface area contributed by atoms with Crippen molar-refractivity contribution < 1.29 is 14.6 Å². The van der Waals surface area contributed by atoms with E-state index in [1.165, 1.54) is 11.1 Å². The minimum atomic E-state index is -0.347. The maximum absolute atomic E-state index is 13.1. The number of hydrogen-bond donors (Lipinski definition) is 1. The smallest absolute Gasteiger partial charge is 0.226 e. The number of aliphatic hydroxyl groups is 1. The third kappa shape index (κ3) is 3.72. The van der Waals surface area contributed by atoms with Crippen molar-refractivity contribution in [3.8, 4) is 0 Å². The van der Waals surface area contributed by atoms with Crippen LogP contribution in [-0.4, -0.2) is 40.7 Å². The van der Waals surface area contributed by atoms with Crippen LogP contribution in [0.2, 0.25) is 0 Å². The molecule has 2 aromatic rings. The van der Waals surface area contributed by atoms with Crippen LogP contribution >= 0.6 is 0 Å². The number of nitrogens with zero attached hydrogens (tertiary/aromatic N) is 1. The fourth-order valence-electron chi connectivity index (χ4n) is 5.48. The summed E-state index contributed by atoms with van der Waals surface area (Å²) in [6, 6.07) is 18.6. The molecular weight excluding hydrogens is 362 g/mol. The third-order valence-corrected chi connectivity index (χ3v) is 7.04. The van der Waals surface area contributed by atoms with Gasteiger partial charge in [0, 0.05) is 31.8 Å². The van der Waals surface area contributed by atoms with Crippen LogP contribution in [0, 0.1) is 5.92 Å². The normalized spacial score (nSPS) is 26.4. The number of aliphatic hydroxyl groups excluding tert-OH is 1. The molecule has 2 fully saturated rings. The van der Waals surface area contributed by atoms with Gasteiger partial charge in [0.25, 0.3) is 0 Å². The standard InChI is InChI=1S/C25H29NO3/c27-22-16-23(18-6-2-1-3-7-18)29-25(17-22)10-12-26(13-11-25)24(28)21-14-19-8-4-5-9-20(19)15-21/h1-9,21-23,27H,10-17H2/t22-,23-/m1/s1. The highest BCUT2D eigenvalue weighted by molar-refractivity contribution is 5.80. The van der Waals surface area contributed by atoms with Gasteiger partial charge in [0.1, 0.15) is 0 Å². The van der Waals surface area contributed by atoms with E-state index in [0.717, 1.165) is 44.3 Å². The van der Waals surface area contributed by atoms with Crippen molar-refractivity contribution in [2.75, 3.05) is 13.1 Å².